The number of aliphatic hydroxyl groups excluding tert-OH is 1. The fraction of sp³-hybridized carbons (Fsp3) is 0.667. The number of hydrogen-bond acceptors (Lipinski definition) is 1. The first kappa shape index (κ1) is 3.96. The molecule has 0 rings (SSSR count). The molecule has 0 bridgehead atoms. The number of aliphatic hydroxyl groups is 1. The van der Waals surface area contributed by atoms with Crippen molar-refractivity contribution in [3.63, 3.8) is 0 Å². The highest BCUT2D eigenvalue weighted by Gasteiger charge is 1.59. The van der Waals surface area contributed by atoms with E-state index in [-0.39, 0.29) is 6.61 Å². The van der Waals surface area contributed by atoms with E-state index in [1.165, 1.54) is 0 Å². The predicted octanol–water partition coefficient (Wildman–Crippen LogP) is 0.0799. The third-order valence-corrected chi connectivity index (χ3v) is 0.158. The maximum absolute atomic E-state index is 7.76. The first-order valence-corrected chi connectivity index (χ1v) is 1.17. The van der Waals surface area contributed by atoms with E-state index >= 15 is 0 Å². The van der Waals surface area contributed by atoms with Crippen molar-refractivity contribution in [2.45, 2.75) is 6.92 Å². The van der Waals surface area contributed by atoms with Gasteiger partial charge in [-0.2, -0.15) is 0 Å². The van der Waals surface area contributed by atoms with Gasteiger partial charge in [0.2, 0.25) is 0 Å². The van der Waals surface area contributed by atoms with Gasteiger partial charge in [0.1, 0.15) is 0 Å². The van der Waals surface area contributed by atoms with Crippen LogP contribution in [0, 0.1) is 6.42 Å². The summed E-state index contributed by atoms with van der Waals surface area (Å²) in [6.07, 6.45) is 2.49. The third-order valence-electron chi connectivity index (χ3n) is 0.158. The van der Waals surface area contributed by atoms with E-state index in [9.17, 15) is 0 Å². The van der Waals surface area contributed by atoms with E-state index in [4.69, 9.17) is 5.11 Å². The summed E-state index contributed by atoms with van der Waals surface area (Å²) in [6, 6.07) is 0. The normalized spacial score (nSPS) is 7.50. The fourth-order valence-corrected chi connectivity index (χ4v) is 0. The Morgan fingerprint density at radius 3 is 2.25 bits per heavy atom. The molecule has 1 nitrogen and oxygen atoms in total. The minimum Gasteiger partial charge on any atom is -0.396 e. The maximum Gasteiger partial charge on any atom is 0.0497 e. The second kappa shape index (κ2) is 2.96. The van der Waals surface area contributed by atoms with Crippen LogP contribution < -0.4 is 0 Å². The van der Waals surface area contributed by atoms with Crippen LogP contribution in [-0.2, 0) is 0 Å². The molecule has 1 heteroatoms. The van der Waals surface area contributed by atoms with Crippen molar-refractivity contribution in [2.24, 2.45) is 0 Å². The highest BCUT2D eigenvalue weighted by atomic mass is 16.2. The summed E-state index contributed by atoms with van der Waals surface area (Å²) in [6.45, 7) is 1.75. The average molecular weight is 58.1 g/mol. The molecule has 0 aromatic rings. The molecular formula is C3H6O. The molecule has 2 radical (unpaired) electrons. The molecule has 0 aliphatic carbocycles. The lowest BCUT2D eigenvalue weighted by atomic mass is 10.5. The predicted molar refractivity (Wildman–Crippen MR) is 16.0 cm³/mol. The van der Waals surface area contributed by atoms with E-state index in [0.29, 0.717) is 0 Å². The van der Waals surface area contributed by atoms with Gasteiger partial charge in [0.15, 0.2) is 0 Å². The van der Waals surface area contributed by atoms with Crippen molar-refractivity contribution < 1.29 is 5.11 Å². The average Bonchev–Trinajstić information content (AvgIpc) is 1.37. The molecule has 0 spiro atoms. The lowest BCUT2D eigenvalue weighted by Gasteiger charge is -1.67. The summed E-state index contributed by atoms with van der Waals surface area (Å²) in [5.74, 6) is 0. The van der Waals surface area contributed by atoms with E-state index < -0.39 is 0 Å². The zero-order valence-corrected chi connectivity index (χ0v) is 2.65. The Kier molecular flexibility index (Phi) is 2.93. The van der Waals surface area contributed by atoms with E-state index in [2.05, 4.69) is 6.42 Å². The van der Waals surface area contributed by atoms with Crippen LogP contribution in [0.2, 0.25) is 0 Å². The van der Waals surface area contributed by atoms with Crippen LogP contribution in [0.15, 0.2) is 0 Å². The van der Waals surface area contributed by atoms with Gasteiger partial charge in [-0.05, 0) is 0 Å². The van der Waals surface area contributed by atoms with Crippen molar-refractivity contribution >= 4 is 0 Å². The Balaban J connectivity index is 1.97. The zero-order chi connectivity index (χ0) is 3.41. The second-order valence-electron chi connectivity index (χ2n) is 0.512. The first-order valence-electron chi connectivity index (χ1n) is 1.17. The van der Waals surface area contributed by atoms with Gasteiger partial charge in [-0.15, -0.1) is 0 Å². The molecule has 0 aromatic heterocycles. The maximum atomic E-state index is 7.76. The Morgan fingerprint density at radius 2 is 2.25 bits per heavy atom. The molecule has 0 unspecified atom stereocenters. The van der Waals surface area contributed by atoms with Gasteiger partial charge in [0.05, 0.1) is 0 Å². The third kappa shape index (κ3) is 1.96. The summed E-state index contributed by atoms with van der Waals surface area (Å²) in [5, 5.41) is 7.76. The van der Waals surface area contributed by atoms with Crippen molar-refractivity contribution in [3.8, 4) is 0 Å². The van der Waals surface area contributed by atoms with Crippen LogP contribution in [0.25, 0.3) is 0 Å². The molecular weight excluding hydrogens is 52.0 g/mol. The molecule has 1 N–H and O–H groups in total. The molecule has 24 valence electrons. The summed E-state index contributed by atoms with van der Waals surface area (Å²) in [7, 11) is 0. The quantitative estimate of drug-likeness (QED) is 0.452. The molecule has 0 amide bonds. The van der Waals surface area contributed by atoms with Crippen LogP contribution in [0.1, 0.15) is 6.92 Å². The lowest BCUT2D eigenvalue weighted by Crippen LogP contribution is -1.71. The fourth-order valence-electron chi connectivity index (χ4n) is 0. The summed E-state index contributed by atoms with van der Waals surface area (Å²) in [4.78, 5) is 0. The van der Waals surface area contributed by atoms with Gasteiger partial charge in [-0.3, -0.25) is 0 Å². The van der Waals surface area contributed by atoms with Crippen LogP contribution in [-0.4, -0.2) is 11.7 Å². The zero-order valence-electron chi connectivity index (χ0n) is 2.65. The van der Waals surface area contributed by atoms with E-state index in [0.717, 1.165) is 0 Å². The van der Waals surface area contributed by atoms with Crippen molar-refractivity contribution in [2.75, 3.05) is 6.61 Å². The molecule has 0 saturated carbocycles. The molecule has 0 aromatic carbocycles. The standard InChI is InChI=1S/C3H6O/c1-2-3-4/h4H,3H2,1H3. The van der Waals surface area contributed by atoms with Crippen molar-refractivity contribution in [1.29, 1.82) is 0 Å². The van der Waals surface area contributed by atoms with Gasteiger partial charge in [-0.25, -0.2) is 0 Å². The first-order chi connectivity index (χ1) is 1.91. The lowest BCUT2D eigenvalue weighted by molar-refractivity contribution is 0.328. The number of rotatable bonds is 1. The largest absolute Gasteiger partial charge is 0.396 e. The molecule has 0 fully saturated rings. The molecule has 0 aliphatic rings. The Morgan fingerprint density at radius 1 is 2.00 bits per heavy atom. The van der Waals surface area contributed by atoms with E-state index in [1.807, 2.05) is 0 Å². The summed E-state index contributed by atoms with van der Waals surface area (Å²) < 4.78 is 0. The van der Waals surface area contributed by atoms with Gasteiger partial charge >= 0.3 is 0 Å². The van der Waals surface area contributed by atoms with Gasteiger partial charge in [-0.1, -0.05) is 6.92 Å². The molecule has 0 heterocycles. The van der Waals surface area contributed by atoms with Gasteiger partial charge in [0.25, 0.3) is 0 Å². The van der Waals surface area contributed by atoms with Crippen molar-refractivity contribution in [1.82, 2.24) is 0 Å². The summed E-state index contributed by atoms with van der Waals surface area (Å²) in [5.41, 5.74) is 0. The van der Waals surface area contributed by atoms with Crippen molar-refractivity contribution in [3.05, 3.63) is 6.42 Å². The van der Waals surface area contributed by atoms with Crippen LogP contribution >= 0.6 is 0 Å². The summed E-state index contributed by atoms with van der Waals surface area (Å²) >= 11 is 0. The Hall–Kier alpha value is -0.0400. The molecule has 0 atom stereocenters. The molecule has 0 aliphatic heterocycles. The monoisotopic (exact) mass is 58.0 g/mol. The van der Waals surface area contributed by atoms with E-state index in [1.54, 1.807) is 6.92 Å². The highest BCUT2D eigenvalue weighted by molar-refractivity contribution is 4.46. The van der Waals surface area contributed by atoms with Crippen LogP contribution in [0.3, 0.4) is 0 Å². The number of hydrogen-bond donors (Lipinski definition) is 1. The van der Waals surface area contributed by atoms with Crippen LogP contribution in [0.4, 0.5) is 0 Å². The highest BCUT2D eigenvalue weighted by Crippen LogP contribution is 1.58. The van der Waals surface area contributed by atoms with Gasteiger partial charge < -0.3 is 5.11 Å². The topological polar surface area (TPSA) is 20.2 Å². The van der Waals surface area contributed by atoms with Gasteiger partial charge in [0, 0.05) is 13.0 Å². The minimum atomic E-state index is 0.0694. The molecule has 4 heavy (non-hydrogen) atoms. The Labute approximate surface area is 26.3 Å². The SMILES string of the molecule is C[C]CO. The van der Waals surface area contributed by atoms with Crippen LogP contribution in [0.5, 0.6) is 0 Å². The Bertz CT molecular complexity index is 5.25. The minimum absolute atomic E-state index is 0.0694. The molecule has 0 saturated heterocycles. The smallest absolute Gasteiger partial charge is 0.0497 e. The second-order valence-corrected chi connectivity index (χ2v) is 0.512.